The molecule has 1 fully saturated rings. The van der Waals surface area contributed by atoms with E-state index in [4.69, 9.17) is 4.74 Å². The van der Waals surface area contributed by atoms with Gasteiger partial charge in [-0.3, -0.25) is 4.79 Å². The number of rotatable bonds is 3. The minimum absolute atomic E-state index is 0.0493. The summed E-state index contributed by atoms with van der Waals surface area (Å²) in [6.45, 7) is -0.0493. The summed E-state index contributed by atoms with van der Waals surface area (Å²) in [5, 5.41) is 0. The fourth-order valence-electron chi connectivity index (χ4n) is 2.55. The van der Waals surface area contributed by atoms with E-state index in [0.717, 1.165) is 0 Å². The van der Waals surface area contributed by atoms with Crippen LogP contribution in [0.15, 0.2) is 24.3 Å². The monoisotopic (exact) mass is 304 g/mol. The van der Waals surface area contributed by atoms with Crippen molar-refractivity contribution in [2.75, 3.05) is 0 Å². The van der Waals surface area contributed by atoms with Gasteiger partial charge >= 0.3 is 12.1 Å². The van der Waals surface area contributed by atoms with E-state index in [0.29, 0.717) is 18.4 Å². The van der Waals surface area contributed by atoms with E-state index in [1.165, 1.54) is 24.3 Å². The standard InChI is InChI=1S/C15H16F4O2/c16-13-6-4-10(5-7-13)9-21-14(20)11-2-1-3-12(8-11)15(17,18)19/h4-7,11-12H,1-3,8-9H2. The lowest BCUT2D eigenvalue weighted by molar-refractivity contribution is -0.189. The molecule has 1 aliphatic carbocycles. The van der Waals surface area contributed by atoms with Crippen LogP contribution in [-0.2, 0) is 16.1 Å². The summed E-state index contributed by atoms with van der Waals surface area (Å²) in [6, 6.07) is 5.43. The van der Waals surface area contributed by atoms with Crippen molar-refractivity contribution in [1.29, 1.82) is 0 Å². The van der Waals surface area contributed by atoms with Gasteiger partial charge in [-0.25, -0.2) is 4.39 Å². The average Bonchev–Trinajstić information content (AvgIpc) is 2.45. The molecule has 0 heterocycles. The van der Waals surface area contributed by atoms with Crippen molar-refractivity contribution in [2.45, 2.75) is 38.5 Å². The second kappa shape index (κ2) is 6.45. The fraction of sp³-hybridized carbons (Fsp3) is 0.533. The highest BCUT2D eigenvalue weighted by molar-refractivity contribution is 5.72. The molecule has 1 aromatic carbocycles. The van der Waals surface area contributed by atoms with Crippen LogP contribution < -0.4 is 0 Å². The SMILES string of the molecule is O=C(OCc1ccc(F)cc1)C1CCCC(C(F)(F)F)C1. The molecule has 1 aromatic rings. The third-order valence-electron chi connectivity index (χ3n) is 3.76. The molecule has 0 amide bonds. The van der Waals surface area contributed by atoms with Gasteiger partial charge in [-0.05, 0) is 37.0 Å². The zero-order valence-electron chi connectivity index (χ0n) is 11.3. The van der Waals surface area contributed by atoms with E-state index in [9.17, 15) is 22.4 Å². The van der Waals surface area contributed by atoms with E-state index in [2.05, 4.69) is 0 Å². The molecular formula is C15H16F4O2. The number of benzene rings is 1. The van der Waals surface area contributed by atoms with Crippen LogP contribution in [0.1, 0.15) is 31.2 Å². The second-order valence-electron chi connectivity index (χ2n) is 5.34. The van der Waals surface area contributed by atoms with E-state index >= 15 is 0 Å². The Bertz CT molecular complexity index is 481. The zero-order valence-corrected chi connectivity index (χ0v) is 11.3. The van der Waals surface area contributed by atoms with Gasteiger partial charge in [-0.15, -0.1) is 0 Å². The minimum atomic E-state index is -4.25. The molecule has 6 heteroatoms. The fourth-order valence-corrected chi connectivity index (χ4v) is 2.55. The normalized spacial score (nSPS) is 22.9. The molecular weight excluding hydrogens is 288 g/mol. The molecule has 0 radical (unpaired) electrons. The third-order valence-corrected chi connectivity index (χ3v) is 3.76. The molecule has 0 spiro atoms. The van der Waals surface area contributed by atoms with Gasteiger partial charge in [0.05, 0.1) is 11.8 Å². The molecule has 0 N–H and O–H groups in total. The summed E-state index contributed by atoms with van der Waals surface area (Å²) in [4.78, 5) is 11.8. The molecule has 2 unspecified atom stereocenters. The number of halogens is 4. The van der Waals surface area contributed by atoms with Gasteiger partial charge in [0.25, 0.3) is 0 Å². The molecule has 2 atom stereocenters. The number of hydrogen-bond donors (Lipinski definition) is 0. The van der Waals surface area contributed by atoms with Crippen LogP contribution in [0.4, 0.5) is 17.6 Å². The first-order valence-corrected chi connectivity index (χ1v) is 6.84. The molecule has 116 valence electrons. The van der Waals surface area contributed by atoms with Gasteiger partial charge in [0.15, 0.2) is 0 Å². The van der Waals surface area contributed by atoms with Crippen molar-refractivity contribution < 1.29 is 27.1 Å². The predicted octanol–water partition coefficient (Wildman–Crippen LogP) is 4.24. The molecule has 1 saturated carbocycles. The summed E-state index contributed by atoms with van der Waals surface area (Å²) in [6.07, 6.45) is -3.58. The van der Waals surface area contributed by atoms with Crippen LogP contribution in [0.2, 0.25) is 0 Å². The Morgan fingerprint density at radius 1 is 1.19 bits per heavy atom. The van der Waals surface area contributed by atoms with Crippen molar-refractivity contribution in [3.8, 4) is 0 Å². The van der Waals surface area contributed by atoms with Gasteiger partial charge in [-0.1, -0.05) is 18.6 Å². The Morgan fingerprint density at radius 3 is 2.48 bits per heavy atom. The first kappa shape index (κ1) is 15.8. The molecule has 21 heavy (non-hydrogen) atoms. The summed E-state index contributed by atoms with van der Waals surface area (Å²) in [5.41, 5.74) is 0.605. The molecule has 2 rings (SSSR count). The van der Waals surface area contributed by atoms with Crippen LogP contribution in [0.25, 0.3) is 0 Å². The number of hydrogen-bond acceptors (Lipinski definition) is 2. The van der Waals surface area contributed by atoms with Gasteiger partial charge in [-0.2, -0.15) is 13.2 Å². The second-order valence-corrected chi connectivity index (χ2v) is 5.34. The number of carbonyl (C=O) groups excluding carboxylic acids is 1. The number of ether oxygens (including phenoxy) is 1. The Labute approximate surface area is 120 Å². The molecule has 0 aromatic heterocycles. The minimum Gasteiger partial charge on any atom is -0.461 e. The van der Waals surface area contributed by atoms with Crippen LogP contribution in [-0.4, -0.2) is 12.1 Å². The topological polar surface area (TPSA) is 26.3 Å². The Hall–Kier alpha value is -1.59. The predicted molar refractivity (Wildman–Crippen MR) is 67.7 cm³/mol. The quantitative estimate of drug-likeness (QED) is 0.617. The number of alkyl halides is 3. The summed E-state index contributed by atoms with van der Waals surface area (Å²) in [5.74, 6) is -3.13. The Balaban J connectivity index is 1.86. The lowest BCUT2D eigenvalue weighted by atomic mass is 9.81. The van der Waals surface area contributed by atoms with Crippen molar-refractivity contribution in [1.82, 2.24) is 0 Å². The van der Waals surface area contributed by atoms with Crippen LogP contribution in [0.5, 0.6) is 0 Å². The van der Waals surface area contributed by atoms with E-state index in [1.54, 1.807) is 0 Å². The maximum atomic E-state index is 12.7. The summed E-state index contributed by atoms with van der Waals surface area (Å²) in [7, 11) is 0. The Morgan fingerprint density at radius 2 is 1.86 bits per heavy atom. The first-order valence-electron chi connectivity index (χ1n) is 6.84. The van der Waals surface area contributed by atoms with Gasteiger partial charge in [0.2, 0.25) is 0 Å². The lowest BCUT2D eigenvalue weighted by Crippen LogP contribution is -2.32. The first-order chi connectivity index (χ1) is 9.86. The van der Waals surface area contributed by atoms with Gasteiger partial charge in [0, 0.05) is 0 Å². The molecule has 0 aliphatic heterocycles. The van der Waals surface area contributed by atoms with Crippen LogP contribution in [0.3, 0.4) is 0 Å². The maximum absolute atomic E-state index is 12.7. The van der Waals surface area contributed by atoms with Gasteiger partial charge < -0.3 is 4.74 Å². The van der Waals surface area contributed by atoms with Crippen LogP contribution >= 0.6 is 0 Å². The van der Waals surface area contributed by atoms with Crippen molar-refractivity contribution in [3.63, 3.8) is 0 Å². The van der Waals surface area contributed by atoms with Crippen LogP contribution in [0, 0.1) is 17.7 Å². The smallest absolute Gasteiger partial charge is 0.391 e. The van der Waals surface area contributed by atoms with Crippen molar-refractivity contribution >= 4 is 5.97 Å². The average molecular weight is 304 g/mol. The van der Waals surface area contributed by atoms with Gasteiger partial charge in [0.1, 0.15) is 12.4 Å². The molecule has 1 aliphatic rings. The molecule has 0 bridgehead atoms. The Kier molecular flexibility index (Phi) is 4.85. The molecule has 2 nitrogen and oxygen atoms in total. The summed E-state index contributed by atoms with van der Waals surface area (Å²) >= 11 is 0. The van der Waals surface area contributed by atoms with Crippen molar-refractivity contribution in [2.24, 2.45) is 11.8 Å². The maximum Gasteiger partial charge on any atom is 0.391 e. The zero-order chi connectivity index (χ0) is 15.5. The van der Waals surface area contributed by atoms with E-state index in [1.807, 2.05) is 0 Å². The van der Waals surface area contributed by atoms with E-state index in [-0.39, 0.29) is 19.4 Å². The third kappa shape index (κ3) is 4.44. The number of carbonyl (C=O) groups is 1. The highest BCUT2D eigenvalue weighted by Crippen LogP contribution is 2.40. The highest BCUT2D eigenvalue weighted by Gasteiger charge is 2.43. The van der Waals surface area contributed by atoms with Crippen molar-refractivity contribution in [3.05, 3.63) is 35.6 Å². The summed E-state index contributed by atoms with van der Waals surface area (Å²) < 4.78 is 55.8. The van der Waals surface area contributed by atoms with E-state index < -0.39 is 29.8 Å². The largest absolute Gasteiger partial charge is 0.461 e. The lowest BCUT2D eigenvalue weighted by Gasteiger charge is -2.29. The highest BCUT2D eigenvalue weighted by atomic mass is 19.4. The molecule has 0 saturated heterocycles. The number of esters is 1.